The van der Waals surface area contributed by atoms with Crippen LogP contribution in [0.25, 0.3) is 0 Å². The lowest BCUT2D eigenvalue weighted by atomic mass is 10.1. The molecule has 2 aromatic carbocycles. The molecule has 0 fully saturated rings. The fourth-order valence-corrected chi connectivity index (χ4v) is 3.67. The number of carbonyl (C=O) groups excluding carboxylic acids is 1. The molecule has 0 atom stereocenters. The zero-order valence-electron chi connectivity index (χ0n) is 14.7. The maximum Gasteiger partial charge on any atom is 0.255 e. The number of rotatable bonds is 5. The van der Waals surface area contributed by atoms with Gasteiger partial charge in [-0.1, -0.05) is 18.2 Å². The van der Waals surface area contributed by atoms with Gasteiger partial charge in [0.05, 0.1) is 17.7 Å². The maximum atomic E-state index is 12.5. The van der Waals surface area contributed by atoms with Crippen molar-refractivity contribution in [1.82, 2.24) is 4.72 Å². The molecule has 0 unspecified atom stereocenters. The summed E-state index contributed by atoms with van der Waals surface area (Å²) in [4.78, 5) is 12.5. The molecule has 0 aliphatic heterocycles. The van der Waals surface area contributed by atoms with Crippen LogP contribution in [-0.4, -0.2) is 27.0 Å². The molecule has 7 heteroatoms. The summed E-state index contributed by atoms with van der Waals surface area (Å²) in [7, 11) is -2.20. The summed E-state index contributed by atoms with van der Waals surface area (Å²) >= 11 is 0. The molecule has 0 spiro atoms. The molecule has 134 valence electrons. The summed E-state index contributed by atoms with van der Waals surface area (Å²) in [5.41, 5.74) is 0.132. The van der Waals surface area contributed by atoms with Gasteiger partial charge in [0.2, 0.25) is 10.0 Å². The van der Waals surface area contributed by atoms with E-state index < -0.39 is 21.5 Å². The van der Waals surface area contributed by atoms with Crippen molar-refractivity contribution in [2.24, 2.45) is 0 Å². The van der Waals surface area contributed by atoms with Gasteiger partial charge in [0.1, 0.15) is 5.75 Å². The molecule has 0 saturated carbocycles. The minimum Gasteiger partial charge on any atom is -0.495 e. The smallest absolute Gasteiger partial charge is 0.255 e. The second kappa shape index (κ2) is 7.25. The topological polar surface area (TPSA) is 84.5 Å². The van der Waals surface area contributed by atoms with Crippen molar-refractivity contribution in [2.45, 2.75) is 31.2 Å². The Bertz CT molecular complexity index is 871. The maximum absolute atomic E-state index is 12.5. The summed E-state index contributed by atoms with van der Waals surface area (Å²) in [6, 6.07) is 12.9. The van der Waals surface area contributed by atoms with Crippen LogP contribution in [0.1, 0.15) is 31.1 Å². The van der Waals surface area contributed by atoms with E-state index in [0.29, 0.717) is 11.4 Å². The average molecular weight is 362 g/mol. The first-order chi connectivity index (χ1) is 11.6. The van der Waals surface area contributed by atoms with Gasteiger partial charge in [-0.3, -0.25) is 4.79 Å². The lowest BCUT2D eigenvalue weighted by Gasteiger charge is -2.20. The predicted octanol–water partition coefficient (Wildman–Crippen LogP) is 3.02. The SMILES string of the molecule is COc1ccccc1NC(=O)c1cccc(S(=O)(=O)NC(C)(C)C)c1. The lowest BCUT2D eigenvalue weighted by Crippen LogP contribution is -2.40. The van der Waals surface area contributed by atoms with Crippen LogP contribution in [0.2, 0.25) is 0 Å². The molecule has 6 nitrogen and oxygen atoms in total. The van der Waals surface area contributed by atoms with Gasteiger partial charge < -0.3 is 10.1 Å². The molecule has 0 heterocycles. The first kappa shape index (κ1) is 19.0. The number of hydrogen-bond acceptors (Lipinski definition) is 4. The highest BCUT2D eigenvalue weighted by molar-refractivity contribution is 7.89. The van der Waals surface area contributed by atoms with E-state index in [0.717, 1.165) is 0 Å². The van der Waals surface area contributed by atoms with Gasteiger partial charge in [-0.25, -0.2) is 13.1 Å². The van der Waals surface area contributed by atoms with Gasteiger partial charge in [-0.15, -0.1) is 0 Å². The standard InChI is InChI=1S/C18H22N2O4S/c1-18(2,3)20-25(22,23)14-9-7-8-13(12-14)17(21)19-15-10-5-6-11-16(15)24-4/h5-12,20H,1-4H3,(H,19,21). The Morgan fingerprint density at radius 1 is 1.04 bits per heavy atom. The number of amides is 1. The zero-order chi connectivity index (χ0) is 18.7. The Balaban J connectivity index is 2.28. The highest BCUT2D eigenvalue weighted by Crippen LogP contribution is 2.24. The van der Waals surface area contributed by atoms with Crippen molar-refractivity contribution in [1.29, 1.82) is 0 Å². The molecule has 2 rings (SSSR count). The molecule has 0 saturated heterocycles. The highest BCUT2D eigenvalue weighted by atomic mass is 32.2. The number of anilines is 1. The molecule has 0 aromatic heterocycles. The zero-order valence-corrected chi connectivity index (χ0v) is 15.5. The number of nitrogens with one attached hydrogen (secondary N) is 2. The Morgan fingerprint density at radius 2 is 1.72 bits per heavy atom. The lowest BCUT2D eigenvalue weighted by molar-refractivity contribution is 0.102. The molecule has 0 radical (unpaired) electrons. The Kier molecular flexibility index (Phi) is 5.49. The third-order valence-corrected chi connectivity index (χ3v) is 4.96. The molecular weight excluding hydrogens is 340 g/mol. The molecule has 2 N–H and O–H groups in total. The Morgan fingerprint density at radius 3 is 2.36 bits per heavy atom. The van der Waals surface area contributed by atoms with Crippen LogP contribution in [0.3, 0.4) is 0 Å². The number of ether oxygens (including phenoxy) is 1. The third-order valence-electron chi connectivity index (χ3n) is 3.20. The fraction of sp³-hybridized carbons (Fsp3) is 0.278. The number of benzene rings is 2. The van der Waals surface area contributed by atoms with Gasteiger partial charge >= 0.3 is 0 Å². The minimum atomic E-state index is -3.71. The van der Waals surface area contributed by atoms with E-state index in [2.05, 4.69) is 10.0 Å². The van der Waals surface area contributed by atoms with E-state index in [4.69, 9.17) is 4.74 Å². The van der Waals surface area contributed by atoms with Gasteiger partial charge in [0.15, 0.2) is 0 Å². The van der Waals surface area contributed by atoms with Crippen molar-refractivity contribution in [2.75, 3.05) is 12.4 Å². The van der Waals surface area contributed by atoms with Crippen molar-refractivity contribution >= 4 is 21.6 Å². The van der Waals surface area contributed by atoms with Gasteiger partial charge in [-0.05, 0) is 51.1 Å². The van der Waals surface area contributed by atoms with Crippen LogP contribution in [0, 0.1) is 0 Å². The van der Waals surface area contributed by atoms with Crippen molar-refractivity contribution in [3.05, 3.63) is 54.1 Å². The van der Waals surface area contributed by atoms with Crippen LogP contribution in [0.5, 0.6) is 5.75 Å². The normalized spacial score (nSPS) is 11.8. The average Bonchev–Trinajstić information content (AvgIpc) is 2.53. The van der Waals surface area contributed by atoms with Gasteiger partial charge in [-0.2, -0.15) is 0 Å². The van der Waals surface area contributed by atoms with Crippen molar-refractivity contribution in [3.63, 3.8) is 0 Å². The Labute approximate surface area is 148 Å². The monoisotopic (exact) mass is 362 g/mol. The predicted molar refractivity (Wildman–Crippen MR) is 97.5 cm³/mol. The van der Waals surface area contributed by atoms with Crippen LogP contribution >= 0.6 is 0 Å². The van der Waals surface area contributed by atoms with Crippen LogP contribution < -0.4 is 14.8 Å². The van der Waals surface area contributed by atoms with E-state index in [1.807, 2.05) is 0 Å². The molecule has 1 amide bonds. The third kappa shape index (κ3) is 5.04. The Hall–Kier alpha value is -2.38. The summed E-state index contributed by atoms with van der Waals surface area (Å²) < 4.78 is 32.6. The second-order valence-corrected chi connectivity index (χ2v) is 8.22. The van der Waals surface area contributed by atoms with E-state index in [1.54, 1.807) is 51.1 Å². The van der Waals surface area contributed by atoms with E-state index in [9.17, 15) is 13.2 Å². The van der Waals surface area contributed by atoms with Crippen LogP contribution in [-0.2, 0) is 10.0 Å². The van der Waals surface area contributed by atoms with Crippen LogP contribution in [0.4, 0.5) is 5.69 Å². The first-order valence-electron chi connectivity index (χ1n) is 7.71. The fourth-order valence-electron chi connectivity index (χ4n) is 2.21. The summed E-state index contributed by atoms with van der Waals surface area (Å²) in [5.74, 6) is 0.103. The summed E-state index contributed by atoms with van der Waals surface area (Å²) in [6.45, 7) is 5.26. The first-order valence-corrected chi connectivity index (χ1v) is 9.19. The van der Waals surface area contributed by atoms with Crippen molar-refractivity contribution in [3.8, 4) is 5.75 Å². The largest absolute Gasteiger partial charge is 0.495 e. The van der Waals surface area contributed by atoms with Crippen molar-refractivity contribution < 1.29 is 17.9 Å². The molecule has 0 bridgehead atoms. The number of methoxy groups -OCH3 is 1. The van der Waals surface area contributed by atoms with Gasteiger partial charge in [0, 0.05) is 11.1 Å². The molecule has 25 heavy (non-hydrogen) atoms. The number of sulfonamides is 1. The minimum absolute atomic E-state index is 0.0371. The highest BCUT2D eigenvalue weighted by Gasteiger charge is 2.23. The molecule has 0 aliphatic rings. The number of para-hydroxylation sites is 2. The second-order valence-electron chi connectivity index (χ2n) is 6.54. The molecule has 2 aromatic rings. The molecule has 0 aliphatic carbocycles. The van der Waals surface area contributed by atoms with Gasteiger partial charge in [0.25, 0.3) is 5.91 Å². The van der Waals surface area contributed by atoms with E-state index in [-0.39, 0.29) is 10.5 Å². The summed E-state index contributed by atoms with van der Waals surface area (Å²) in [6.07, 6.45) is 0. The quantitative estimate of drug-likeness (QED) is 0.856. The summed E-state index contributed by atoms with van der Waals surface area (Å²) in [5, 5.41) is 2.73. The number of carbonyl (C=O) groups is 1. The molecular formula is C18H22N2O4S. The van der Waals surface area contributed by atoms with E-state index >= 15 is 0 Å². The number of hydrogen-bond donors (Lipinski definition) is 2. The van der Waals surface area contributed by atoms with E-state index in [1.165, 1.54) is 25.3 Å². The van der Waals surface area contributed by atoms with Crippen LogP contribution in [0.15, 0.2) is 53.4 Å².